The van der Waals surface area contributed by atoms with E-state index < -0.39 is 33.1 Å². The molecule has 2 aliphatic heterocycles. The molecule has 2 atom stereocenters. The lowest BCUT2D eigenvalue weighted by molar-refractivity contribution is 0.212. The van der Waals surface area contributed by atoms with E-state index in [2.05, 4.69) is 15.5 Å². The number of aryl methyl sites for hydroxylation is 1. The number of halogens is 2. The molecule has 9 nitrogen and oxygen atoms in total. The molecule has 0 saturated carbocycles. The highest BCUT2D eigenvalue weighted by Crippen LogP contribution is 2.45. The molecular formula is C18H21F2N5O4S. The summed E-state index contributed by atoms with van der Waals surface area (Å²) in [6, 6.07) is 2.17. The number of benzene rings is 1. The summed E-state index contributed by atoms with van der Waals surface area (Å²) in [5, 5.41) is 6.20. The van der Waals surface area contributed by atoms with Crippen LogP contribution in [0.15, 0.2) is 22.7 Å². The van der Waals surface area contributed by atoms with Gasteiger partial charge in [0.25, 0.3) is 0 Å². The summed E-state index contributed by atoms with van der Waals surface area (Å²) in [7, 11) is -3.44. The Hall–Kier alpha value is -2.60. The topological polar surface area (TPSA) is 109 Å². The number of rotatable bonds is 4. The molecule has 2 saturated heterocycles. The van der Waals surface area contributed by atoms with Crippen molar-refractivity contribution >= 4 is 21.7 Å². The van der Waals surface area contributed by atoms with Gasteiger partial charge in [0.15, 0.2) is 5.82 Å². The fourth-order valence-corrected chi connectivity index (χ4v) is 5.36. The molecule has 1 N–H and O–H groups in total. The third-order valence-electron chi connectivity index (χ3n) is 5.75. The van der Waals surface area contributed by atoms with Crippen LogP contribution in [0.4, 0.5) is 19.3 Å². The second-order valence-electron chi connectivity index (χ2n) is 7.63. The molecule has 2 fully saturated rings. The Labute approximate surface area is 172 Å². The van der Waals surface area contributed by atoms with Gasteiger partial charge in [-0.3, -0.25) is 0 Å². The number of aromatic nitrogens is 2. The van der Waals surface area contributed by atoms with Crippen molar-refractivity contribution in [2.75, 3.05) is 37.2 Å². The normalized spacial score (nSPS) is 24.3. The second-order valence-corrected chi connectivity index (χ2v) is 9.89. The number of urea groups is 1. The zero-order chi connectivity index (χ0) is 21.7. The molecule has 0 aliphatic carbocycles. The molecule has 3 heterocycles. The number of amides is 2. The van der Waals surface area contributed by atoms with E-state index in [9.17, 15) is 22.0 Å². The number of likely N-dealkylation sites (tertiary alicyclic amines) is 1. The Morgan fingerprint density at radius 3 is 2.77 bits per heavy atom. The van der Waals surface area contributed by atoms with Crippen LogP contribution >= 0.6 is 0 Å². The lowest BCUT2D eigenvalue weighted by Crippen LogP contribution is -2.42. The van der Waals surface area contributed by atoms with Gasteiger partial charge in [0.1, 0.15) is 11.6 Å². The van der Waals surface area contributed by atoms with Crippen molar-refractivity contribution in [1.82, 2.24) is 19.3 Å². The summed E-state index contributed by atoms with van der Waals surface area (Å²) in [5.74, 6) is -1.08. The second kappa shape index (κ2) is 7.27. The number of carbonyl (C=O) groups is 1. The van der Waals surface area contributed by atoms with E-state index in [0.717, 1.165) is 18.2 Å². The third kappa shape index (κ3) is 3.43. The average Bonchev–Trinajstić information content (AvgIpc) is 3.37. The maximum atomic E-state index is 13.9. The van der Waals surface area contributed by atoms with Crippen LogP contribution in [-0.4, -0.2) is 65.7 Å². The van der Waals surface area contributed by atoms with Crippen molar-refractivity contribution in [3.8, 4) is 0 Å². The van der Waals surface area contributed by atoms with E-state index in [1.54, 1.807) is 13.8 Å². The third-order valence-corrected chi connectivity index (χ3v) is 7.54. The summed E-state index contributed by atoms with van der Waals surface area (Å²) in [6.07, 6.45) is 0. The molecule has 2 aromatic rings. The monoisotopic (exact) mass is 441 g/mol. The highest BCUT2D eigenvalue weighted by atomic mass is 32.2. The molecule has 30 heavy (non-hydrogen) atoms. The molecule has 0 unspecified atom stereocenters. The number of fused-ring (bicyclic) bond motifs is 1. The minimum Gasteiger partial charge on any atom is -0.339 e. The largest absolute Gasteiger partial charge is 0.339 e. The van der Waals surface area contributed by atoms with Crippen molar-refractivity contribution in [2.45, 2.75) is 19.3 Å². The van der Waals surface area contributed by atoms with Crippen molar-refractivity contribution in [1.29, 1.82) is 0 Å². The van der Waals surface area contributed by atoms with Crippen LogP contribution < -0.4 is 5.32 Å². The fourth-order valence-electron chi connectivity index (χ4n) is 4.16. The van der Waals surface area contributed by atoms with Crippen molar-refractivity contribution < 1.29 is 26.5 Å². The molecule has 1 aromatic heterocycles. The molecule has 0 bridgehead atoms. The van der Waals surface area contributed by atoms with E-state index in [0.29, 0.717) is 5.82 Å². The van der Waals surface area contributed by atoms with Gasteiger partial charge < -0.3 is 14.7 Å². The van der Waals surface area contributed by atoms with Crippen LogP contribution in [0.3, 0.4) is 0 Å². The maximum absolute atomic E-state index is 13.9. The quantitative estimate of drug-likeness (QED) is 0.774. The molecular weight excluding hydrogens is 420 g/mol. The van der Waals surface area contributed by atoms with Gasteiger partial charge in [-0.2, -0.15) is 4.98 Å². The molecule has 2 aliphatic rings. The highest BCUT2D eigenvalue weighted by Gasteiger charge is 2.59. The van der Waals surface area contributed by atoms with Gasteiger partial charge in [-0.05, 0) is 26.0 Å². The van der Waals surface area contributed by atoms with Crippen LogP contribution in [0.25, 0.3) is 0 Å². The van der Waals surface area contributed by atoms with Gasteiger partial charge >= 0.3 is 6.03 Å². The minimum absolute atomic E-state index is 0.0400. The molecule has 12 heteroatoms. The standard InChI is InChI=1S/C18H21F2N5O4S/c1-3-30(27,28)25-8-12-7-24(9-18(12,10-25)16-21-11(2)23-29-16)17(26)22-15-6-13(19)4-5-14(15)20/h4-6,12H,3,7-10H2,1-2H3,(H,22,26)/t12-,18-/m0/s1. The van der Waals surface area contributed by atoms with Crippen LogP contribution in [0.2, 0.25) is 0 Å². The summed E-state index contributed by atoms with van der Waals surface area (Å²) in [6.45, 7) is 3.85. The van der Waals surface area contributed by atoms with Crippen molar-refractivity contribution in [2.24, 2.45) is 5.92 Å². The van der Waals surface area contributed by atoms with Crippen molar-refractivity contribution in [3.63, 3.8) is 0 Å². The maximum Gasteiger partial charge on any atom is 0.321 e. The van der Waals surface area contributed by atoms with Gasteiger partial charge in [0, 0.05) is 38.2 Å². The number of nitrogens with zero attached hydrogens (tertiary/aromatic N) is 4. The molecule has 1 aromatic carbocycles. The van der Waals surface area contributed by atoms with E-state index in [1.165, 1.54) is 9.21 Å². The van der Waals surface area contributed by atoms with E-state index in [4.69, 9.17) is 4.52 Å². The molecule has 0 radical (unpaired) electrons. The van der Waals surface area contributed by atoms with Crippen LogP contribution in [-0.2, 0) is 15.4 Å². The van der Waals surface area contributed by atoms with E-state index in [1.807, 2.05) is 0 Å². The molecule has 4 rings (SSSR count). The number of hydrogen-bond donors (Lipinski definition) is 1. The number of carbonyl (C=O) groups excluding carboxylic acids is 1. The van der Waals surface area contributed by atoms with Crippen LogP contribution in [0, 0.1) is 24.5 Å². The number of hydrogen-bond acceptors (Lipinski definition) is 6. The lowest BCUT2D eigenvalue weighted by atomic mass is 9.81. The fraction of sp³-hybridized carbons (Fsp3) is 0.500. The number of sulfonamides is 1. The minimum atomic E-state index is -3.44. The predicted octanol–water partition coefficient (Wildman–Crippen LogP) is 1.72. The number of anilines is 1. The van der Waals surface area contributed by atoms with Gasteiger partial charge in [0.2, 0.25) is 15.9 Å². The Morgan fingerprint density at radius 2 is 2.10 bits per heavy atom. The van der Waals surface area contributed by atoms with Gasteiger partial charge in [-0.15, -0.1) is 0 Å². The average molecular weight is 441 g/mol. The van der Waals surface area contributed by atoms with Gasteiger partial charge in [0.05, 0.1) is 16.9 Å². The first-order valence-corrected chi connectivity index (χ1v) is 11.0. The first kappa shape index (κ1) is 20.7. The van der Waals surface area contributed by atoms with E-state index >= 15 is 0 Å². The van der Waals surface area contributed by atoms with Gasteiger partial charge in [-0.1, -0.05) is 5.16 Å². The Kier molecular flexibility index (Phi) is 5.01. The SMILES string of the molecule is CCS(=O)(=O)N1C[C@@H]2CN(C(=O)Nc3cc(F)ccc3F)C[C@]2(c2nc(C)no2)C1. The molecule has 162 valence electrons. The van der Waals surface area contributed by atoms with E-state index in [-0.39, 0.29) is 49.4 Å². The Bertz CT molecular complexity index is 1090. The van der Waals surface area contributed by atoms with Crippen LogP contribution in [0.1, 0.15) is 18.6 Å². The van der Waals surface area contributed by atoms with Crippen LogP contribution in [0.5, 0.6) is 0 Å². The summed E-state index contributed by atoms with van der Waals surface area (Å²) in [5.41, 5.74) is -1.13. The number of nitrogens with one attached hydrogen (secondary N) is 1. The summed E-state index contributed by atoms with van der Waals surface area (Å²) < 4.78 is 58.9. The van der Waals surface area contributed by atoms with Crippen molar-refractivity contribution in [3.05, 3.63) is 41.5 Å². The Morgan fingerprint density at radius 1 is 1.33 bits per heavy atom. The molecule has 2 amide bonds. The lowest BCUT2D eigenvalue weighted by Gasteiger charge is -2.25. The zero-order valence-electron chi connectivity index (χ0n) is 16.4. The smallest absolute Gasteiger partial charge is 0.321 e. The van der Waals surface area contributed by atoms with Gasteiger partial charge in [-0.25, -0.2) is 26.3 Å². The zero-order valence-corrected chi connectivity index (χ0v) is 17.2. The predicted molar refractivity (Wildman–Crippen MR) is 102 cm³/mol. The molecule has 0 spiro atoms. The summed E-state index contributed by atoms with van der Waals surface area (Å²) >= 11 is 0. The highest BCUT2D eigenvalue weighted by molar-refractivity contribution is 7.89. The Balaban J connectivity index is 1.60. The first-order chi connectivity index (χ1) is 14.1. The first-order valence-electron chi connectivity index (χ1n) is 9.44. The summed E-state index contributed by atoms with van der Waals surface area (Å²) in [4.78, 5) is 18.5.